The number of pyridine rings is 1. The molecule has 0 atom stereocenters. The van der Waals surface area contributed by atoms with Crippen molar-refractivity contribution < 1.29 is 4.79 Å². The Bertz CT molecular complexity index is 433. The van der Waals surface area contributed by atoms with Crippen molar-refractivity contribution in [2.24, 2.45) is 0 Å². The van der Waals surface area contributed by atoms with Gasteiger partial charge in [-0.1, -0.05) is 0 Å². The van der Waals surface area contributed by atoms with E-state index < -0.39 is 0 Å². The van der Waals surface area contributed by atoms with Crippen LogP contribution in [0.1, 0.15) is 16.2 Å². The molecule has 0 fully saturated rings. The molecule has 0 saturated carbocycles. The lowest BCUT2D eigenvalue weighted by Crippen LogP contribution is -1.90. The number of nitrogens with zero attached hydrogens (tertiary/aromatic N) is 3. The van der Waals surface area contributed by atoms with Gasteiger partial charge < -0.3 is 0 Å². The number of rotatable bonds is 1. The van der Waals surface area contributed by atoms with E-state index in [1.54, 1.807) is 29.8 Å². The highest BCUT2D eigenvalue weighted by atomic mass is 16.1. The van der Waals surface area contributed by atoms with Gasteiger partial charge in [0.05, 0.1) is 5.56 Å². The molecule has 2 aromatic rings. The molecule has 2 rings (SSSR count). The summed E-state index contributed by atoms with van der Waals surface area (Å²) in [5.74, 6) is 0.671. The number of carbonyl (C=O) groups excluding carboxylic acids is 1. The van der Waals surface area contributed by atoms with E-state index in [4.69, 9.17) is 0 Å². The molecule has 0 aliphatic rings. The first kappa shape index (κ1) is 6.97. The predicted octanol–water partition coefficient (Wildman–Crippen LogP) is 0.850. The van der Waals surface area contributed by atoms with Gasteiger partial charge in [0.25, 0.3) is 0 Å². The molecule has 2 heterocycles. The second kappa shape index (κ2) is 2.41. The summed E-state index contributed by atoms with van der Waals surface area (Å²) < 4.78 is 1.60. The standard InChI is InChI=1S/C8H7N3O/c1-6-9-8-7(5-12)3-2-4-11(8)10-6/h2-5H,1H3. The summed E-state index contributed by atoms with van der Waals surface area (Å²) in [7, 11) is 0. The van der Waals surface area contributed by atoms with Crippen LogP contribution in [0, 0.1) is 6.92 Å². The maximum atomic E-state index is 10.5. The topological polar surface area (TPSA) is 47.3 Å². The molecule has 0 unspecified atom stereocenters. The Morgan fingerprint density at radius 3 is 3.17 bits per heavy atom. The third-order valence-electron chi connectivity index (χ3n) is 1.63. The summed E-state index contributed by atoms with van der Waals surface area (Å²) in [5.41, 5.74) is 1.18. The summed E-state index contributed by atoms with van der Waals surface area (Å²) in [6, 6.07) is 3.49. The zero-order chi connectivity index (χ0) is 8.55. The van der Waals surface area contributed by atoms with E-state index in [2.05, 4.69) is 10.1 Å². The van der Waals surface area contributed by atoms with Crippen LogP contribution in [0.5, 0.6) is 0 Å². The molecule has 0 bridgehead atoms. The first-order valence-electron chi connectivity index (χ1n) is 3.58. The van der Waals surface area contributed by atoms with Crippen LogP contribution in [-0.2, 0) is 0 Å². The average molecular weight is 161 g/mol. The van der Waals surface area contributed by atoms with E-state index >= 15 is 0 Å². The highest BCUT2D eigenvalue weighted by molar-refractivity contribution is 5.83. The van der Waals surface area contributed by atoms with Crippen LogP contribution in [0.4, 0.5) is 0 Å². The Morgan fingerprint density at radius 1 is 1.58 bits per heavy atom. The smallest absolute Gasteiger partial charge is 0.166 e. The second-order valence-corrected chi connectivity index (χ2v) is 2.51. The lowest BCUT2D eigenvalue weighted by Gasteiger charge is -1.91. The van der Waals surface area contributed by atoms with Crippen molar-refractivity contribution in [1.82, 2.24) is 14.6 Å². The third kappa shape index (κ3) is 0.887. The van der Waals surface area contributed by atoms with Crippen molar-refractivity contribution in [2.45, 2.75) is 6.92 Å². The van der Waals surface area contributed by atoms with Gasteiger partial charge in [-0.05, 0) is 19.1 Å². The Balaban J connectivity index is 2.86. The fourth-order valence-electron chi connectivity index (χ4n) is 1.13. The molecule has 0 radical (unpaired) electrons. The maximum Gasteiger partial charge on any atom is 0.166 e. The van der Waals surface area contributed by atoms with Crippen LogP contribution < -0.4 is 0 Å². The molecule has 12 heavy (non-hydrogen) atoms. The molecular weight excluding hydrogens is 154 g/mol. The van der Waals surface area contributed by atoms with Crippen molar-refractivity contribution >= 4 is 11.9 Å². The minimum absolute atomic E-state index is 0.568. The number of hydrogen-bond donors (Lipinski definition) is 0. The first-order chi connectivity index (χ1) is 5.81. The van der Waals surface area contributed by atoms with Gasteiger partial charge in [0.1, 0.15) is 5.82 Å². The summed E-state index contributed by atoms with van der Waals surface area (Å²) in [5, 5.41) is 4.07. The lowest BCUT2D eigenvalue weighted by atomic mass is 10.3. The van der Waals surface area contributed by atoms with Gasteiger partial charge in [0.2, 0.25) is 0 Å². The van der Waals surface area contributed by atoms with E-state index in [0.29, 0.717) is 17.0 Å². The normalized spacial score (nSPS) is 10.4. The van der Waals surface area contributed by atoms with Gasteiger partial charge in [0, 0.05) is 6.20 Å². The average Bonchev–Trinajstić information content (AvgIpc) is 2.44. The quantitative estimate of drug-likeness (QED) is 0.582. The molecule has 0 aromatic carbocycles. The molecule has 0 amide bonds. The van der Waals surface area contributed by atoms with Crippen molar-refractivity contribution in [3.8, 4) is 0 Å². The summed E-state index contributed by atoms with van der Waals surface area (Å²) in [6.07, 6.45) is 2.55. The van der Waals surface area contributed by atoms with Crippen molar-refractivity contribution in [2.75, 3.05) is 0 Å². The Labute approximate surface area is 68.8 Å². The number of hydrogen-bond acceptors (Lipinski definition) is 3. The molecule has 0 aliphatic carbocycles. The lowest BCUT2D eigenvalue weighted by molar-refractivity contribution is 0.112. The van der Waals surface area contributed by atoms with Crippen LogP contribution in [0.25, 0.3) is 5.65 Å². The molecule has 0 saturated heterocycles. The van der Waals surface area contributed by atoms with Crippen LogP contribution in [-0.4, -0.2) is 20.9 Å². The molecule has 4 nitrogen and oxygen atoms in total. The fourth-order valence-corrected chi connectivity index (χ4v) is 1.13. The van der Waals surface area contributed by atoms with Crippen LogP contribution in [0.2, 0.25) is 0 Å². The summed E-state index contributed by atoms with van der Waals surface area (Å²) in [6.45, 7) is 1.79. The summed E-state index contributed by atoms with van der Waals surface area (Å²) in [4.78, 5) is 14.7. The predicted molar refractivity (Wildman–Crippen MR) is 43.1 cm³/mol. The Morgan fingerprint density at radius 2 is 2.42 bits per heavy atom. The highest BCUT2D eigenvalue weighted by Gasteiger charge is 2.02. The monoisotopic (exact) mass is 161 g/mol. The number of aldehydes is 1. The van der Waals surface area contributed by atoms with Gasteiger partial charge in [-0.25, -0.2) is 9.50 Å². The van der Waals surface area contributed by atoms with E-state index in [1.165, 1.54) is 0 Å². The Kier molecular flexibility index (Phi) is 1.40. The minimum Gasteiger partial charge on any atom is -0.298 e. The van der Waals surface area contributed by atoms with Gasteiger partial charge in [0.15, 0.2) is 11.9 Å². The van der Waals surface area contributed by atoms with Gasteiger partial charge >= 0.3 is 0 Å². The van der Waals surface area contributed by atoms with E-state index in [0.717, 1.165) is 6.29 Å². The molecular formula is C8H7N3O. The van der Waals surface area contributed by atoms with Gasteiger partial charge in [-0.3, -0.25) is 4.79 Å². The maximum absolute atomic E-state index is 10.5. The van der Waals surface area contributed by atoms with Crippen molar-refractivity contribution in [3.63, 3.8) is 0 Å². The summed E-state index contributed by atoms with van der Waals surface area (Å²) >= 11 is 0. The molecule has 4 heteroatoms. The van der Waals surface area contributed by atoms with Gasteiger partial charge in [-0.2, -0.15) is 5.10 Å². The van der Waals surface area contributed by atoms with E-state index in [1.807, 2.05) is 0 Å². The molecule has 2 aromatic heterocycles. The molecule has 0 N–H and O–H groups in total. The Hall–Kier alpha value is -1.71. The van der Waals surface area contributed by atoms with Crippen molar-refractivity contribution in [1.29, 1.82) is 0 Å². The zero-order valence-corrected chi connectivity index (χ0v) is 6.56. The van der Waals surface area contributed by atoms with Gasteiger partial charge in [-0.15, -0.1) is 0 Å². The number of aromatic nitrogens is 3. The SMILES string of the molecule is Cc1nc2c(C=O)cccn2n1. The number of aryl methyl sites for hydroxylation is 1. The fraction of sp³-hybridized carbons (Fsp3) is 0.125. The van der Waals surface area contributed by atoms with E-state index in [-0.39, 0.29) is 0 Å². The second-order valence-electron chi connectivity index (χ2n) is 2.51. The van der Waals surface area contributed by atoms with E-state index in [9.17, 15) is 4.79 Å². The largest absolute Gasteiger partial charge is 0.298 e. The van der Waals surface area contributed by atoms with Crippen molar-refractivity contribution in [3.05, 3.63) is 29.7 Å². The number of carbonyl (C=O) groups is 1. The van der Waals surface area contributed by atoms with Crippen LogP contribution in [0.3, 0.4) is 0 Å². The highest BCUT2D eigenvalue weighted by Crippen LogP contribution is 2.05. The molecule has 0 spiro atoms. The van der Waals surface area contributed by atoms with Crippen LogP contribution >= 0.6 is 0 Å². The van der Waals surface area contributed by atoms with Crippen LogP contribution in [0.15, 0.2) is 18.3 Å². The first-order valence-corrected chi connectivity index (χ1v) is 3.58. The third-order valence-corrected chi connectivity index (χ3v) is 1.63. The zero-order valence-electron chi connectivity index (χ0n) is 6.56. The number of fused-ring (bicyclic) bond motifs is 1. The molecule has 0 aliphatic heterocycles. The minimum atomic E-state index is 0.568. The molecule has 60 valence electrons.